The van der Waals surface area contributed by atoms with Gasteiger partial charge in [0.1, 0.15) is 0 Å². The molecule has 0 aromatic heterocycles. The van der Waals surface area contributed by atoms with Gasteiger partial charge in [0.25, 0.3) is 5.97 Å². The number of hydrogen-bond acceptors (Lipinski definition) is 3. The van der Waals surface area contributed by atoms with Crippen LogP contribution in [0.2, 0.25) is 0 Å². The topological polar surface area (TPSA) is 27.7 Å². The molecule has 0 heterocycles. The smallest absolute Gasteiger partial charge is 0.272 e. The summed E-state index contributed by atoms with van der Waals surface area (Å²) >= 11 is 0. The zero-order valence-electron chi connectivity index (χ0n) is 11.5. The van der Waals surface area contributed by atoms with Crippen molar-refractivity contribution in [2.75, 3.05) is 13.2 Å². The minimum Gasteiger partial charge on any atom is -0.380 e. The van der Waals surface area contributed by atoms with E-state index in [0.717, 1.165) is 6.07 Å². The Morgan fingerprint density at radius 2 is 1.74 bits per heavy atom. The first-order chi connectivity index (χ1) is 9.06. The largest absolute Gasteiger partial charge is 0.380 e. The summed E-state index contributed by atoms with van der Waals surface area (Å²) in [4.78, 5) is 0. The Morgan fingerprint density at radius 3 is 2.21 bits per heavy atom. The molecule has 0 aliphatic rings. The van der Waals surface area contributed by atoms with Crippen molar-refractivity contribution in [2.45, 2.75) is 32.7 Å². The van der Waals surface area contributed by atoms with Crippen LogP contribution in [-0.2, 0) is 20.3 Å². The molecule has 0 bridgehead atoms. The summed E-state index contributed by atoms with van der Waals surface area (Å²) in [5, 5.41) is 0. The molecule has 19 heavy (non-hydrogen) atoms. The van der Waals surface area contributed by atoms with Crippen LogP contribution in [0.15, 0.2) is 18.2 Å². The van der Waals surface area contributed by atoms with Gasteiger partial charge in [-0.3, -0.25) is 0 Å². The van der Waals surface area contributed by atoms with Crippen LogP contribution in [-0.4, -0.2) is 29.7 Å². The second-order valence-corrected chi connectivity index (χ2v) is 4.41. The molecular weight excluding hydrogens is 270 g/mol. The van der Waals surface area contributed by atoms with Gasteiger partial charge < -0.3 is 13.9 Å². The lowest BCUT2D eigenvalue weighted by Crippen LogP contribution is -2.39. The number of benzene rings is 1. The molecule has 0 amide bonds. The summed E-state index contributed by atoms with van der Waals surface area (Å²) in [6.07, 6.45) is 0.919. The first-order valence-electron chi connectivity index (χ1n) is 6.34. The van der Waals surface area contributed by atoms with Crippen LogP contribution in [0, 0.1) is 11.6 Å². The number of hydrogen-bond donors (Lipinski definition) is 0. The van der Waals surface area contributed by atoms with Gasteiger partial charge in [-0.25, -0.2) is 8.78 Å². The quantitative estimate of drug-likeness (QED) is 0.541. The molecule has 108 valence electrons. The van der Waals surface area contributed by atoms with Crippen molar-refractivity contribution in [1.29, 1.82) is 0 Å². The van der Waals surface area contributed by atoms with Gasteiger partial charge in [-0.15, -0.1) is 0 Å². The number of aryl methyl sites for hydroxylation is 1. The Kier molecular flexibility index (Phi) is 6.57. The maximum atomic E-state index is 13.1. The fourth-order valence-corrected chi connectivity index (χ4v) is 2.28. The first kappa shape index (κ1) is 16.2. The molecular formula is C13H20F2O3Si. The zero-order chi connectivity index (χ0) is 14.3. The van der Waals surface area contributed by atoms with E-state index in [2.05, 4.69) is 0 Å². The third-order valence-corrected chi connectivity index (χ3v) is 3.37. The standard InChI is InChI=1S/C13H20F2O3Si/c1-3-16-13(18-19,17-4-2)8-7-10-5-6-11(14)12(15)9-10/h5-6,9H,3-4,7-8H2,1-2,19H3. The molecule has 0 aliphatic heterocycles. The maximum Gasteiger partial charge on any atom is 0.272 e. The van der Waals surface area contributed by atoms with Gasteiger partial charge in [-0.2, -0.15) is 0 Å². The Balaban J connectivity index is 2.71. The van der Waals surface area contributed by atoms with Crippen LogP contribution in [0.5, 0.6) is 0 Å². The lowest BCUT2D eigenvalue weighted by atomic mass is 10.1. The predicted molar refractivity (Wildman–Crippen MR) is 71.7 cm³/mol. The Labute approximate surface area is 115 Å². The highest BCUT2D eigenvalue weighted by Gasteiger charge is 2.30. The summed E-state index contributed by atoms with van der Waals surface area (Å²) < 4.78 is 42.4. The Morgan fingerprint density at radius 1 is 1.11 bits per heavy atom. The van der Waals surface area contributed by atoms with E-state index in [9.17, 15) is 8.78 Å². The first-order valence-corrected chi connectivity index (χ1v) is 7.15. The normalized spacial score (nSPS) is 12.0. The van der Waals surface area contributed by atoms with Gasteiger partial charge in [0.15, 0.2) is 22.1 Å². The molecule has 1 aromatic rings. The molecule has 1 aromatic carbocycles. The molecule has 0 fully saturated rings. The van der Waals surface area contributed by atoms with E-state index in [1.807, 2.05) is 13.8 Å². The highest BCUT2D eigenvalue weighted by atomic mass is 28.2. The van der Waals surface area contributed by atoms with Crippen LogP contribution < -0.4 is 0 Å². The van der Waals surface area contributed by atoms with Gasteiger partial charge in [0.05, 0.1) is 0 Å². The molecule has 0 aliphatic carbocycles. The van der Waals surface area contributed by atoms with E-state index >= 15 is 0 Å². The third-order valence-electron chi connectivity index (χ3n) is 2.74. The van der Waals surface area contributed by atoms with E-state index in [0.29, 0.717) is 42.1 Å². The zero-order valence-corrected chi connectivity index (χ0v) is 13.5. The van der Waals surface area contributed by atoms with Crippen LogP contribution in [0.4, 0.5) is 8.78 Å². The van der Waals surface area contributed by atoms with Gasteiger partial charge >= 0.3 is 0 Å². The van der Waals surface area contributed by atoms with E-state index in [-0.39, 0.29) is 0 Å². The second-order valence-electron chi connectivity index (χ2n) is 4.00. The van der Waals surface area contributed by atoms with Crippen molar-refractivity contribution in [3.05, 3.63) is 35.4 Å². The molecule has 0 radical (unpaired) electrons. The van der Waals surface area contributed by atoms with E-state index in [4.69, 9.17) is 13.9 Å². The summed E-state index contributed by atoms with van der Waals surface area (Å²) in [5.74, 6) is -2.76. The summed E-state index contributed by atoms with van der Waals surface area (Å²) in [6.45, 7) is 4.62. The van der Waals surface area contributed by atoms with Gasteiger partial charge in [0.2, 0.25) is 0 Å². The fourth-order valence-electron chi connectivity index (χ4n) is 1.84. The molecule has 0 atom stereocenters. The molecule has 3 nitrogen and oxygen atoms in total. The van der Waals surface area contributed by atoms with Crippen molar-refractivity contribution in [3.8, 4) is 0 Å². The monoisotopic (exact) mass is 290 g/mol. The average molecular weight is 290 g/mol. The fraction of sp³-hybridized carbons (Fsp3) is 0.538. The molecule has 6 heteroatoms. The number of ether oxygens (including phenoxy) is 2. The molecule has 0 N–H and O–H groups in total. The van der Waals surface area contributed by atoms with Crippen molar-refractivity contribution in [3.63, 3.8) is 0 Å². The number of halogens is 2. The summed E-state index contributed by atoms with van der Waals surface area (Å²) in [7, 11) is 0.464. The highest BCUT2D eigenvalue weighted by molar-refractivity contribution is 5.98. The summed E-state index contributed by atoms with van der Waals surface area (Å²) in [6, 6.07) is 3.86. The molecule has 0 saturated carbocycles. The molecule has 1 rings (SSSR count). The van der Waals surface area contributed by atoms with Crippen LogP contribution in [0.3, 0.4) is 0 Å². The molecule has 0 unspecified atom stereocenters. The molecule has 0 saturated heterocycles. The van der Waals surface area contributed by atoms with Gasteiger partial charge in [-0.1, -0.05) is 6.07 Å². The van der Waals surface area contributed by atoms with E-state index in [1.54, 1.807) is 6.07 Å². The molecule has 0 spiro atoms. The Hall–Kier alpha value is -0.823. The van der Waals surface area contributed by atoms with Crippen molar-refractivity contribution in [1.82, 2.24) is 0 Å². The minimum absolute atomic E-state index is 0.434. The van der Waals surface area contributed by atoms with Gasteiger partial charge in [-0.05, 0) is 38.0 Å². The SMILES string of the molecule is CCOC(CCc1ccc(F)c(F)c1)(O[SiH3])OCC. The maximum absolute atomic E-state index is 13.1. The minimum atomic E-state index is -1.07. The second kappa shape index (κ2) is 7.69. The Bertz CT molecular complexity index is 395. The van der Waals surface area contributed by atoms with Gasteiger partial charge in [0, 0.05) is 19.6 Å². The third kappa shape index (κ3) is 4.65. The van der Waals surface area contributed by atoms with Crippen molar-refractivity contribution in [2.24, 2.45) is 0 Å². The average Bonchev–Trinajstić information content (AvgIpc) is 2.40. The number of rotatable bonds is 8. The van der Waals surface area contributed by atoms with E-state index in [1.165, 1.54) is 6.07 Å². The van der Waals surface area contributed by atoms with Crippen molar-refractivity contribution < 1.29 is 22.7 Å². The van der Waals surface area contributed by atoms with E-state index < -0.39 is 17.6 Å². The van der Waals surface area contributed by atoms with Crippen LogP contribution in [0.1, 0.15) is 25.8 Å². The van der Waals surface area contributed by atoms with Crippen molar-refractivity contribution >= 4 is 10.5 Å². The highest BCUT2D eigenvalue weighted by Crippen LogP contribution is 2.22. The lowest BCUT2D eigenvalue weighted by Gasteiger charge is -2.32. The van der Waals surface area contributed by atoms with Crippen LogP contribution >= 0.6 is 0 Å². The van der Waals surface area contributed by atoms with Crippen LogP contribution in [0.25, 0.3) is 0 Å². The lowest BCUT2D eigenvalue weighted by molar-refractivity contribution is -0.343. The summed E-state index contributed by atoms with van der Waals surface area (Å²) in [5.41, 5.74) is 0.682. The predicted octanol–water partition coefficient (Wildman–Crippen LogP) is 1.92.